The van der Waals surface area contributed by atoms with Crippen LogP contribution in [0.3, 0.4) is 0 Å². The Balaban J connectivity index is 0.000000836. The molecule has 1 saturated carbocycles. The van der Waals surface area contributed by atoms with Crippen LogP contribution in [0.2, 0.25) is 0 Å². The van der Waals surface area contributed by atoms with Crippen LogP contribution >= 0.6 is 12.6 Å². The smallest absolute Gasteiger partial charge is 0.305 e. The molecule has 0 radical (unpaired) electrons. The summed E-state index contributed by atoms with van der Waals surface area (Å²) in [6.45, 7) is -1.89. The molecule has 1 unspecified atom stereocenters. The molecule has 0 aliphatic heterocycles. The summed E-state index contributed by atoms with van der Waals surface area (Å²) in [5, 5.41) is 13.1. The van der Waals surface area contributed by atoms with Gasteiger partial charge in [0, 0.05) is 10.5 Å². The van der Waals surface area contributed by atoms with Crippen molar-refractivity contribution in [3.05, 3.63) is 23.8 Å². The number of hydrogen-bond acceptors (Lipinski definition) is 6. The second-order valence-corrected chi connectivity index (χ2v) is 7.55. The molecule has 0 spiro atoms. The molecule has 10 heteroatoms. The predicted octanol–water partition coefficient (Wildman–Crippen LogP) is 2.09. The lowest BCUT2D eigenvalue weighted by Crippen LogP contribution is -2.47. The topological polar surface area (TPSA) is 122 Å². The van der Waals surface area contributed by atoms with Crippen LogP contribution < -0.4 is 15.4 Å². The molecule has 1 atom stereocenters. The van der Waals surface area contributed by atoms with Crippen molar-refractivity contribution >= 4 is 36.2 Å². The van der Waals surface area contributed by atoms with E-state index in [0.717, 1.165) is 0 Å². The van der Waals surface area contributed by atoms with Gasteiger partial charge < -0.3 is 20.5 Å². The molecule has 0 aromatic heterocycles. The third-order valence-electron chi connectivity index (χ3n) is 4.55. The maximum atomic E-state index is 12.4. The number of benzene rings is 1. The zero-order valence-electron chi connectivity index (χ0n) is 17.5. The van der Waals surface area contributed by atoms with Crippen molar-refractivity contribution in [2.24, 2.45) is 0 Å². The molecule has 0 saturated heterocycles. The Bertz CT molecular complexity index is 763. The van der Waals surface area contributed by atoms with Crippen LogP contribution in [0, 0.1) is 0 Å². The van der Waals surface area contributed by atoms with E-state index in [-0.39, 0.29) is 6.42 Å². The quantitative estimate of drug-likeness (QED) is 0.400. The minimum Gasteiger partial charge on any atom is -0.496 e. The summed E-state index contributed by atoms with van der Waals surface area (Å²) in [7, 11) is 1.45. The number of carboxylic acid groups (broad SMARTS) is 1. The van der Waals surface area contributed by atoms with Crippen LogP contribution in [0.25, 0.3) is 0 Å². The fraction of sp³-hybridized carbons (Fsp3) is 0.524. The van der Waals surface area contributed by atoms with Crippen LogP contribution in [0.5, 0.6) is 5.75 Å². The van der Waals surface area contributed by atoms with Crippen LogP contribution in [-0.4, -0.2) is 55.0 Å². The normalized spacial score (nSPS) is 13.4. The molecule has 172 valence electrons. The molecular formula is C21H29FN2O6S. The van der Waals surface area contributed by atoms with Crippen molar-refractivity contribution in [2.45, 2.75) is 55.9 Å². The molecule has 31 heavy (non-hydrogen) atoms. The van der Waals surface area contributed by atoms with E-state index < -0.39 is 49.2 Å². The molecule has 0 heterocycles. The first kappa shape index (κ1) is 26.4. The lowest BCUT2D eigenvalue weighted by molar-refractivity contribution is -0.140. The first-order chi connectivity index (χ1) is 14.8. The summed E-state index contributed by atoms with van der Waals surface area (Å²) >= 11 is 4.18. The van der Waals surface area contributed by atoms with Gasteiger partial charge in [-0.3, -0.25) is 19.2 Å². The number of ketones is 1. The summed E-state index contributed by atoms with van der Waals surface area (Å²) in [5.74, 6) is -3.23. The van der Waals surface area contributed by atoms with Crippen LogP contribution in [-0.2, 0) is 25.6 Å². The highest BCUT2D eigenvalue weighted by molar-refractivity contribution is 7.80. The van der Waals surface area contributed by atoms with Gasteiger partial charge in [0.15, 0.2) is 5.78 Å². The molecule has 0 bridgehead atoms. The van der Waals surface area contributed by atoms with Gasteiger partial charge in [-0.05, 0) is 18.2 Å². The molecule has 1 aliphatic carbocycles. The number of rotatable bonds is 10. The molecule has 1 fully saturated rings. The van der Waals surface area contributed by atoms with E-state index in [0.29, 0.717) is 16.2 Å². The van der Waals surface area contributed by atoms with Crippen molar-refractivity contribution < 1.29 is 33.4 Å². The highest BCUT2D eigenvalue weighted by Gasteiger charge is 2.23. The number of Topliss-reactive ketones (excluding diaryl/α,β-unsaturated/α-hetero) is 1. The lowest BCUT2D eigenvalue weighted by atomic mass is 10.1. The summed E-state index contributed by atoms with van der Waals surface area (Å²) < 4.78 is 17.5. The molecule has 3 N–H and O–H groups in total. The Labute approximate surface area is 186 Å². The van der Waals surface area contributed by atoms with Gasteiger partial charge in [-0.25, -0.2) is 4.39 Å². The van der Waals surface area contributed by atoms with E-state index in [1.807, 2.05) is 0 Å². The van der Waals surface area contributed by atoms with Gasteiger partial charge in [-0.1, -0.05) is 32.1 Å². The van der Waals surface area contributed by atoms with E-state index in [1.54, 1.807) is 18.2 Å². The number of methoxy groups -OCH3 is 1. The predicted molar refractivity (Wildman–Crippen MR) is 115 cm³/mol. The third-order valence-corrected chi connectivity index (χ3v) is 4.82. The highest BCUT2D eigenvalue weighted by Crippen LogP contribution is 2.22. The van der Waals surface area contributed by atoms with Crippen LogP contribution in [0.1, 0.15) is 44.1 Å². The number of thiol groups is 1. The Morgan fingerprint density at radius 2 is 1.74 bits per heavy atom. The molecule has 1 aliphatic rings. The number of carbonyl (C=O) groups is 4. The number of carbonyl (C=O) groups excluding carboxylic acids is 3. The van der Waals surface area contributed by atoms with E-state index >= 15 is 0 Å². The Morgan fingerprint density at radius 3 is 2.26 bits per heavy atom. The summed E-state index contributed by atoms with van der Waals surface area (Å²) in [4.78, 5) is 46.3. The van der Waals surface area contributed by atoms with Gasteiger partial charge >= 0.3 is 5.97 Å². The second kappa shape index (κ2) is 14.4. The number of halogens is 1. The number of nitrogens with one attached hydrogen (secondary N) is 2. The number of carboxylic acids is 1. The number of ether oxygens (including phenoxy) is 1. The van der Waals surface area contributed by atoms with Crippen molar-refractivity contribution in [1.82, 2.24) is 10.6 Å². The maximum Gasteiger partial charge on any atom is 0.305 e. The van der Waals surface area contributed by atoms with Crippen molar-refractivity contribution in [3.8, 4) is 5.75 Å². The second-order valence-electron chi connectivity index (χ2n) is 7.04. The summed E-state index contributed by atoms with van der Waals surface area (Å²) in [6, 6.07) is 3.51. The zero-order chi connectivity index (χ0) is 23.2. The van der Waals surface area contributed by atoms with E-state index in [1.165, 1.54) is 39.2 Å². The SMILES string of the molecule is C1CCCC1.COc1ccc(S)cc1CC(=O)NCC(=O)NC(CC(=O)O)C(=O)CF. The van der Waals surface area contributed by atoms with Gasteiger partial charge in [0.1, 0.15) is 18.5 Å². The minimum atomic E-state index is -1.48. The van der Waals surface area contributed by atoms with Crippen molar-refractivity contribution in [3.63, 3.8) is 0 Å². The first-order valence-corrected chi connectivity index (χ1v) is 10.4. The molecule has 1 aromatic carbocycles. The van der Waals surface area contributed by atoms with Gasteiger partial charge in [0.05, 0.1) is 26.5 Å². The zero-order valence-corrected chi connectivity index (χ0v) is 18.4. The van der Waals surface area contributed by atoms with Crippen LogP contribution in [0.4, 0.5) is 4.39 Å². The van der Waals surface area contributed by atoms with Gasteiger partial charge in [-0.15, -0.1) is 12.6 Å². The van der Waals surface area contributed by atoms with E-state index in [4.69, 9.17) is 9.84 Å². The highest BCUT2D eigenvalue weighted by atomic mass is 32.1. The number of aliphatic carboxylic acids is 1. The molecule has 1 aromatic rings. The van der Waals surface area contributed by atoms with Crippen molar-refractivity contribution in [2.75, 3.05) is 20.3 Å². The average Bonchev–Trinajstić information content (AvgIpc) is 3.31. The van der Waals surface area contributed by atoms with Crippen LogP contribution in [0.15, 0.2) is 23.1 Å². The lowest BCUT2D eigenvalue weighted by Gasteiger charge is -2.15. The molecule has 2 rings (SSSR count). The minimum absolute atomic E-state index is 0.0766. The Morgan fingerprint density at radius 1 is 1.13 bits per heavy atom. The fourth-order valence-electron chi connectivity index (χ4n) is 2.96. The third kappa shape index (κ3) is 10.8. The largest absolute Gasteiger partial charge is 0.496 e. The van der Waals surface area contributed by atoms with Gasteiger partial charge in [0.25, 0.3) is 0 Å². The fourth-order valence-corrected chi connectivity index (χ4v) is 3.19. The monoisotopic (exact) mass is 456 g/mol. The Kier molecular flexibility index (Phi) is 12.3. The molecule has 2 amide bonds. The number of hydrogen-bond donors (Lipinski definition) is 4. The van der Waals surface area contributed by atoms with Gasteiger partial charge in [0.2, 0.25) is 11.8 Å². The van der Waals surface area contributed by atoms with E-state index in [2.05, 4.69) is 23.3 Å². The standard InChI is InChI=1S/C16H19FN2O6S.C5H10/c1-25-13-3-2-10(26)4-9(13)5-14(21)18-8-15(22)19-11(6-16(23)24)12(20)7-17;1-2-4-5-3-1/h2-4,11,26H,5-8H2,1H3,(H,18,21)(H,19,22)(H,23,24);1-5H2. The van der Waals surface area contributed by atoms with E-state index in [9.17, 15) is 23.6 Å². The number of alkyl halides is 1. The average molecular weight is 457 g/mol. The molecular weight excluding hydrogens is 427 g/mol. The van der Waals surface area contributed by atoms with Crippen molar-refractivity contribution in [1.29, 1.82) is 0 Å². The summed E-state index contributed by atoms with van der Waals surface area (Å²) in [6.07, 6.45) is 6.68. The first-order valence-electron chi connectivity index (χ1n) is 9.99. The summed E-state index contributed by atoms with van der Waals surface area (Å²) in [5.41, 5.74) is 0.564. The molecule has 8 nitrogen and oxygen atoms in total. The Hall–Kier alpha value is -2.62. The number of amides is 2. The van der Waals surface area contributed by atoms with Gasteiger partial charge in [-0.2, -0.15) is 0 Å². The maximum absolute atomic E-state index is 12.4.